The van der Waals surface area contributed by atoms with Crippen LogP contribution in [-0.4, -0.2) is 28.9 Å². The van der Waals surface area contributed by atoms with Crippen molar-refractivity contribution in [1.82, 2.24) is 4.90 Å². The predicted octanol–water partition coefficient (Wildman–Crippen LogP) is 2.67. The van der Waals surface area contributed by atoms with E-state index in [1.54, 1.807) is 0 Å². The Hall–Kier alpha value is -1.35. The van der Waals surface area contributed by atoms with Gasteiger partial charge >= 0.3 is 0 Å². The van der Waals surface area contributed by atoms with E-state index in [-0.39, 0.29) is 0 Å². The summed E-state index contributed by atoms with van der Waals surface area (Å²) in [6.45, 7) is 4.20. The molecule has 1 atom stereocenters. The molecule has 86 valence electrons. The zero-order valence-corrected chi connectivity index (χ0v) is 9.63. The van der Waals surface area contributed by atoms with Crippen molar-refractivity contribution in [3.63, 3.8) is 0 Å². The molecule has 1 saturated heterocycles. The van der Waals surface area contributed by atoms with E-state index in [0.29, 0.717) is 6.04 Å². The van der Waals surface area contributed by atoms with E-state index in [0.717, 1.165) is 31.6 Å². The Kier molecular flexibility index (Phi) is 3.57. The van der Waals surface area contributed by atoms with E-state index in [1.165, 1.54) is 5.56 Å². The molecule has 3 nitrogen and oxygen atoms in total. The van der Waals surface area contributed by atoms with E-state index >= 15 is 0 Å². The van der Waals surface area contributed by atoms with Crippen LogP contribution in [0.3, 0.4) is 0 Å². The minimum atomic E-state index is 0.446. The summed E-state index contributed by atoms with van der Waals surface area (Å²) in [5.41, 5.74) is 2.28. The van der Waals surface area contributed by atoms with E-state index < -0.39 is 0 Å². The Morgan fingerprint density at radius 2 is 1.81 bits per heavy atom. The van der Waals surface area contributed by atoms with Gasteiger partial charge in [0.15, 0.2) is 0 Å². The Bertz CT molecular complexity index is 351. The lowest BCUT2D eigenvalue weighted by Gasteiger charge is -2.32. The van der Waals surface area contributed by atoms with Gasteiger partial charge in [0.1, 0.15) is 0 Å². The highest BCUT2D eigenvalue weighted by Gasteiger charge is 2.20. The normalized spacial score (nSPS) is 19.4. The van der Waals surface area contributed by atoms with Crippen molar-refractivity contribution in [2.75, 3.05) is 13.1 Å². The van der Waals surface area contributed by atoms with Crippen LogP contribution in [0, 0.1) is 0 Å². The smallest absolute Gasteiger partial charge is 0.0596 e. The van der Waals surface area contributed by atoms with Gasteiger partial charge in [0.25, 0.3) is 0 Å². The lowest BCUT2D eigenvalue weighted by atomic mass is 10.0. The minimum absolute atomic E-state index is 0.446. The minimum Gasteiger partial charge on any atom is -0.411 e. The summed E-state index contributed by atoms with van der Waals surface area (Å²) in [6, 6.07) is 11.0. The summed E-state index contributed by atoms with van der Waals surface area (Å²) in [4.78, 5) is 2.43. The van der Waals surface area contributed by atoms with E-state index in [4.69, 9.17) is 5.21 Å². The maximum Gasteiger partial charge on any atom is 0.0596 e. The van der Waals surface area contributed by atoms with E-state index in [9.17, 15) is 0 Å². The maximum absolute atomic E-state index is 8.70. The number of piperidine rings is 1. The molecule has 0 spiro atoms. The predicted molar refractivity (Wildman–Crippen MR) is 64.9 cm³/mol. The lowest BCUT2D eigenvalue weighted by molar-refractivity contribution is 0.206. The zero-order chi connectivity index (χ0) is 11.4. The Labute approximate surface area is 96.4 Å². The summed E-state index contributed by atoms with van der Waals surface area (Å²) < 4.78 is 0. The number of nitrogens with zero attached hydrogens (tertiary/aromatic N) is 2. The van der Waals surface area contributed by atoms with Crippen molar-refractivity contribution in [2.24, 2.45) is 5.16 Å². The van der Waals surface area contributed by atoms with Crippen LogP contribution in [0.5, 0.6) is 0 Å². The molecule has 16 heavy (non-hydrogen) atoms. The third-order valence-electron chi connectivity index (χ3n) is 3.35. The molecule has 0 aromatic heterocycles. The van der Waals surface area contributed by atoms with Gasteiger partial charge in [-0.15, -0.1) is 0 Å². The van der Waals surface area contributed by atoms with E-state index in [1.807, 2.05) is 6.07 Å². The fraction of sp³-hybridized carbons (Fsp3) is 0.462. The molecule has 0 aliphatic carbocycles. The summed E-state index contributed by atoms with van der Waals surface area (Å²) >= 11 is 0. The Morgan fingerprint density at radius 3 is 2.38 bits per heavy atom. The van der Waals surface area contributed by atoms with Crippen molar-refractivity contribution in [1.29, 1.82) is 0 Å². The van der Waals surface area contributed by atoms with Crippen molar-refractivity contribution in [3.8, 4) is 0 Å². The second-order valence-corrected chi connectivity index (χ2v) is 4.29. The van der Waals surface area contributed by atoms with Crippen LogP contribution in [0.25, 0.3) is 0 Å². The molecule has 0 radical (unpaired) electrons. The Balaban J connectivity index is 1.99. The van der Waals surface area contributed by atoms with Crippen LogP contribution >= 0.6 is 0 Å². The van der Waals surface area contributed by atoms with Crippen LogP contribution in [0.4, 0.5) is 0 Å². The first-order valence-corrected chi connectivity index (χ1v) is 5.80. The number of oxime groups is 1. The fourth-order valence-corrected chi connectivity index (χ4v) is 2.21. The third-order valence-corrected chi connectivity index (χ3v) is 3.35. The molecule has 0 saturated carbocycles. The third kappa shape index (κ3) is 2.42. The van der Waals surface area contributed by atoms with E-state index in [2.05, 4.69) is 41.2 Å². The van der Waals surface area contributed by atoms with Gasteiger partial charge in [0.05, 0.1) is 5.71 Å². The first kappa shape index (κ1) is 11.1. The van der Waals surface area contributed by atoms with Crippen molar-refractivity contribution >= 4 is 5.71 Å². The molecule has 1 aliphatic rings. The van der Waals surface area contributed by atoms with Crippen LogP contribution in [0.2, 0.25) is 0 Å². The highest BCUT2D eigenvalue weighted by atomic mass is 16.4. The summed E-state index contributed by atoms with van der Waals surface area (Å²) in [7, 11) is 0. The molecular formula is C13H18N2O. The van der Waals surface area contributed by atoms with Crippen LogP contribution in [-0.2, 0) is 0 Å². The molecule has 1 aromatic rings. The summed E-state index contributed by atoms with van der Waals surface area (Å²) in [5.74, 6) is 0. The summed E-state index contributed by atoms with van der Waals surface area (Å²) in [6.07, 6.45) is 1.77. The van der Waals surface area contributed by atoms with Crippen LogP contribution < -0.4 is 0 Å². The van der Waals surface area contributed by atoms with Crippen LogP contribution in [0.15, 0.2) is 35.5 Å². The van der Waals surface area contributed by atoms with Gasteiger partial charge < -0.3 is 5.21 Å². The average Bonchev–Trinajstić information content (AvgIpc) is 2.39. The first-order chi connectivity index (χ1) is 7.81. The summed E-state index contributed by atoms with van der Waals surface area (Å²) in [5, 5.41) is 12.0. The SMILES string of the molecule is CC(c1ccccc1)N1CCC(=NO)CC1. The molecule has 2 rings (SSSR count). The Morgan fingerprint density at radius 1 is 1.19 bits per heavy atom. The quantitative estimate of drug-likeness (QED) is 0.612. The molecule has 1 fully saturated rings. The van der Waals surface area contributed by atoms with Gasteiger partial charge in [-0.2, -0.15) is 0 Å². The molecule has 0 bridgehead atoms. The monoisotopic (exact) mass is 218 g/mol. The van der Waals surface area contributed by atoms with Gasteiger partial charge in [0.2, 0.25) is 0 Å². The molecule has 1 heterocycles. The topological polar surface area (TPSA) is 35.8 Å². The van der Waals surface area contributed by atoms with Crippen LogP contribution in [0.1, 0.15) is 31.4 Å². The molecule has 1 unspecified atom stereocenters. The average molecular weight is 218 g/mol. The first-order valence-electron chi connectivity index (χ1n) is 5.80. The number of hydrogen-bond acceptors (Lipinski definition) is 3. The molecule has 1 N–H and O–H groups in total. The molecule has 1 aromatic carbocycles. The lowest BCUT2D eigenvalue weighted by Crippen LogP contribution is -2.35. The van der Waals surface area contributed by atoms with Gasteiger partial charge in [-0.05, 0) is 12.5 Å². The number of likely N-dealkylation sites (tertiary alicyclic amines) is 1. The highest BCUT2D eigenvalue weighted by Crippen LogP contribution is 2.22. The van der Waals surface area contributed by atoms with Gasteiger partial charge in [-0.25, -0.2) is 0 Å². The molecule has 3 heteroatoms. The second kappa shape index (κ2) is 5.12. The second-order valence-electron chi connectivity index (χ2n) is 4.29. The number of benzene rings is 1. The molecule has 1 aliphatic heterocycles. The largest absolute Gasteiger partial charge is 0.411 e. The molecular weight excluding hydrogens is 200 g/mol. The van der Waals surface area contributed by atoms with Gasteiger partial charge in [-0.1, -0.05) is 35.5 Å². The van der Waals surface area contributed by atoms with Gasteiger partial charge in [-0.3, -0.25) is 4.90 Å². The van der Waals surface area contributed by atoms with Crippen molar-refractivity contribution < 1.29 is 5.21 Å². The van der Waals surface area contributed by atoms with Crippen molar-refractivity contribution in [2.45, 2.75) is 25.8 Å². The maximum atomic E-state index is 8.70. The van der Waals surface area contributed by atoms with Gasteiger partial charge in [0, 0.05) is 32.0 Å². The number of hydrogen-bond donors (Lipinski definition) is 1. The fourth-order valence-electron chi connectivity index (χ4n) is 2.21. The standard InChI is InChI=1S/C13H18N2O/c1-11(12-5-3-2-4-6-12)15-9-7-13(14-16)8-10-15/h2-6,11,16H,7-10H2,1H3. The van der Waals surface area contributed by atoms with Crippen molar-refractivity contribution in [3.05, 3.63) is 35.9 Å². The highest BCUT2D eigenvalue weighted by molar-refractivity contribution is 5.84. The zero-order valence-electron chi connectivity index (χ0n) is 9.63. The number of rotatable bonds is 2. The molecule has 0 amide bonds.